The second kappa shape index (κ2) is 12.0. The predicted molar refractivity (Wildman–Crippen MR) is 154 cm³/mol. The Morgan fingerprint density at radius 1 is 1.03 bits per heavy atom. The van der Waals surface area contributed by atoms with Crippen LogP contribution in [0.25, 0.3) is 10.9 Å². The number of hydrogen-bond donors (Lipinski definition) is 3. The first-order valence-corrected chi connectivity index (χ1v) is 14.6. The third-order valence-electron chi connectivity index (χ3n) is 6.54. The fourth-order valence-electron chi connectivity index (χ4n) is 4.43. The van der Waals surface area contributed by atoms with E-state index in [-0.39, 0.29) is 22.9 Å². The molecule has 0 saturated carbocycles. The number of benzene rings is 3. The van der Waals surface area contributed by atoms with Crippen LogP contribution in [0.2, 0.25) is 5.02 Å². The molecule has 0 bridgehead atoms. The molecule has 0 atom stereocenters. The van der Waals surface area contributed by atoms with Crippen molar-refractivity contribution in [2.75, 3.05) is 25.4 Å². The standard InChI is InChI=1S/C29H30ClN3O5S/c1-3-33(4-2)14-15-39(37,38)23-11-9-22(10-12-23)31-28(20-7-5-6-19(16-20)17-26(34)35)27-24-13-8-21(30)18-25(24)32-29(27)36/h5-13,16,18,32,36H,3-4,14-15,17H2,1-2H3,(H,34,35). The Bertz CT molecular complexity index is 1620. The van der Waals surface area contributed by atoms with E-state index in [1.807, 2.05) is 13.8 Å². The molecule has 3 aromatic carbocycles. The molecule has 4 aromatic rings. The Kier molecular flexibility index (Phi) is 8.74. The SMILES string of the molecule is CCN(CC)CCS(=O)(=O)c1ccc(N=C(c2cccc(CC(=O)O)c2)c2c(O)[nH]c3cc(Cl)ccc23)cc1. The fraction of sp³-hybridized carbons (Fsp3) is 0.241. The largest absolute Gasteiger partial charge is 0.494 e. The molecule has 10 heteroatoms. The fourth-order valence-corrected chi connectivity index (χ4v) is 5.88. The third kappa shape index (κ3) is 6.68. The van der Waals surface area contributed by atoms with Crippen molar-refractivity contribution in [2.45, 2.75) is 25.2 Å². The summed E-state index contributed by atoms with van der Waals surface area (Å²) in [5, 5.41) is 21.3. The Balaban J connectivity index is 1.78. The molecule has 0 amide bonds. The summed E-state index contributed by atoms with van der Waals surface area (Å²) in [6.07, 6.45) is -0.170. The highest BCUT2D eigenvalue weighted by Crippen LogP contribution is 2.33. The van der Waals surface area contributed by atoms with Crippen molar-refractivity contribution in [3.63, 3.8) is 0 Å². The number of nitrogens with zero attached hydrogens (tertiary/aromatic N) is 2. The van der Waals surface area contributed by atoms with Gasteiger partial charge in [-0.15, -0.1) is 0 Å². The molecule has 1 heterocycles. The molecule has 0 saturated heterocycles. The van der Waals surface area contributed by atoms with Crippen molar-refractivity contribution >= 4 is 49.7 Å². The van der Waals surface area contributed by atoms with Gasteiger partial charge in [0.1, 0.15) is 0 Å². The molecule has 39 heavy (non-hydrogen) atoms. The van der Waals surface area contributed by atoms with Crippen LogP contribution in [-0.4, -0.2) is 65.6 Å². The van der Waals surface area contributed by atoms with Gasteiger partial charge in [-0.1, -0.05) is 49.7 Å². The van der Waals surface area contributed by atoms with Crippen molar-refractivity contribution in [3.05, 3.63) is 88.4 Å². The molecule has 0 radical (unpaired) electrons. The minimum absolute atomic E-state index is 0.0185. The normalized spacial score (nSPS) is 12.4. The average Bonchev–Trinajstić information content (AvgIpc) is 3.22. The lowest BCUT2D eigenvalue weighted by Gasteiger charge is -2.17. The number of aromatic hydroxyl groups is 1. The van der Waals surface area contributed by atoms with E-state index in [1.165, 1.54) is 12.1 Å². The van der Waals surface area contributed by atoms with E-state index in [1.54, 1.807) is 54.6 Å². The molecule has 0 unspecified atom stereocenters. The summed E-state index contributed by atoms with van der Waals surface area (Å²) in [7, 11) is -3.48. The molecule has 204 valence electrons. The minimum Gasteiger partial charge on any atom is -0.494 e. The van der Waals surface area contributed by atoms with E-state index in [2.05, 4.69) is 9.88 Å². The number of aromatic nitrogens is 1. The van der Waals surface area contributed by atoms with E-state index < -0.39 is 15.8 Å². The maximum atomic E-state index is 12.9. The highest BCUT2D eigenvalue weighted by Gasteiger charge is 2.20. The first-order valence-electron chi connectivity index (χ1n) is 12.6. The zero-order valence-electron chi connectivity index (χ0n) is 21.7. The minimum atomic E-state index is -3.48. The van der Waals surface area contributed by atoms with E-state index in [0.717, 1.165) is 13.1 Å². The van der Waals surface area contributed by atoms with Gasteiger partial charge in [-0.05, 0) is 61.1 Å². The van der Waals surface area contributed by atoms with Gasteiger partial charge in [0.15, 0.2) is 15.7 Å². The topological polar surface area (TPSA) is 123 Å². The number of rotatable bonds is 11. The average molecular weight is 568 g/mol. The summed E-state index contributed by atoms with van der Waals surface area (Å²) in [6, 6.07) is 18.4. The Labute approximate surface area is 232 Å². The van der Waals surface area contributed by atoms with Crippen LogP contribution in [0.4, 0.5) is 5.69 Å². The van der Waals surface area contributed by atoms with Crippen molar-refractivity contribution in [1.29, 1.82) is 0 Å². The zero-order valence-corrected chi connectivity index (χ0v) is 23.3. The van der Waals surface area contributed by atoms with Crippen molar-refractivity contribution in [3.8, 4) is 5.88 Å². The zero-order chi connectivity index (χ0) is 28.2. The van der Waals surface area contributed by atoms with Crippen LogP contribution in [0.5, 0.6) is 5.88 Å². The second-order valence-electron chi connectivity index (χ2n) is 9.11. The first-order chi connectivity index (χ1) is 18.6. The maximum absolute atomic E-state index is 12.9. The van der Waals surface area contributed by atoms with Crippen LogP contribution in [0.15, 0.2) is 76.6 Å². The van der Waals surface area contributed by atoms with E-state index in [4.69, 9.17) is 16.6 Å². The van der Waals surface area contributed by atoms with Gasteiger partial charge in [0.2, 0.25) is 0 Å². The second-order valence-corrected chi connectivity index (χ2v) is 11.7. The van der Waals surface area contributed by atoms with Crippen molar-refractivity contribution in [1.82, 2.24) is 9.88 Å². The van der Waals surface area contributed by atoms with Gasteiger partial charge in [-0.2, -0.15) is 0 Å². The summed E-state index contributed by atoms with van der Waals surface area (Å²) in [4.78, 5) is 21.3. The van der Waals surface area contributed by atoms with Gasteiger partial charge in [0.05, 0.1) is 39.5 Å². The lowest BCUT2D eigenvalue weighted by Crippen LogP contribution is -2.29. The number of aliphatic carboxylic acids is 1. The summed E-state index contributed by atoms with van der Waals surface area (Å²) >= 11 is 6.14. The number of carbonyl (C=O) groups is 1. The molecule has 1 aromatic heterocycles. The smallest absolute Gasteiger partial charge is 0.307 e. The lowest BCUT2D eigenvalue weighted by atomic mass is 9.98. The van der Waals surface area contributed by atoms with Gasteiger partial charge < -0.3 is 20.1 Å². The number of halogens is 1. The molecule has 0 fully saturated rings. The molecular weight excluding hydrogens is 538 g/mol. The molecule has 0 aliphatic heterocycles. The molecule has 0 aliphatic carbocycles. The first kappa shape index (κ1) is 28.4. The third-order valence-corrected chi connectivity index (χ3v) is 8.49. The van der Waals surface area contributed by atoms with E-state index in [9.17, 15) is 23.4 Å². The number of carboxylic acids is 1. The van der Waals surface area contributed by atoms with Gasteiger partial charge in [0.25, 0.3) is 0 Å². The van der Waals surface area contributed by atoms with Crippen LogP contribution in [0.3, 0.4) is 0 Å². The van der Waals surface area contributed by atoms with Crippen LogP contribution < -0.4 is 0 Å². The number of fused-ring (bicyclic) bond motifs is 1. The highest BCUT2D eigenvalue weighted by molar-refractivity contribution is 7.91. The number of H-pyrrole nitrogens is 1. The number of hydrogen-bond acceptors (Lipinski definition) is 6. The molecular formula is C29H30ClN3O5S. The van der Waals surface area contributed by atoms with Crippen molar-refractivity contribution in [2.24, 2.45) is 4.99 Å². The number of carboxylic acid groups (broad SMARTS) is 1. The van der Waals surface area contributed by atoms with Gasteiger partial charge in [-0.3, -0.25) is 4.79 Å². The molecule has 0 aliphatic rings. The van der Waals surface area contributed by atoms with Crippen LogP contribution in [0, 0.1) is 0 Å². The number of sulfone groups is 1. The molecule has 0 spiro atoms. The van der Waals surface area contributed by atoms with Gasteiger partial charge in [-0.25, -0.2) is 13.4 Å². The highest BCUT2D eigenvalue weighted by atomic mass is 35.5. The van der Waals surface area contributed by atoms with Crippen molar-refractivity contribution < 1.29 is 23.4 Å². The molecule has 3 N–H and O–H groups in total. The van der Waals surface area contributed by atoms with Crippen LogP contribution >= 0.6 is 11.6 Å². The van der Waals surface area contributed by atoms with Gasteiger partial charge >= 0.3 is 5.97 Å². The molecule has 4 rings (SSSR count). The summed E-state index contributed by atoms with van der Waals surface area (Å²) in [5.41, 5.74) is 3.06. The molecule has 8 nitrogen and oxygen atoms in total. The summed E-state index contributed by atoms with van der Waals surface area (Å²) in [5.74, 6) is -1.07. The Hall–Kier alpha value is -3.66. The number of aliphatic imine (C=N–C) groups is 1. The number of aromatic amines is 1. The maximum Gasteiger partial charge on any atom is 0.307 e. The Morgan fingerprint density at radius 3 is 2.41 bits per heavy atom. The summed E-state index contributed by atoms with van der Waals surface area (Å²) < 4.78 is 25.8. The van der Waals surface area contributed by atoms with E-state index in [0.29, 0.717) is 50.6 Å². The summed E-state index contributed by atoms with van der Waals surface area (Å²) in [6.45, 7) is 6.01. The predicted octanol–water partition coefficient (Wildman–Crippen LogP) is 5.44. The quantitative estimate of drug-likeness (QED) is 0.207. The lowest BCUT2D eigenvalue weighted by molar-refractivity contribution is -0.136. The van der Waals surface area contributed by atoms with Gasteiger partial charge in [0, 0.05) is 22.5 Å². The monoisotopic (exact) mass is 567 g/mol. The number of nitrogens with one attached hydrogen (secondary N) is 1. The Morgan fingerprint density at radius 2 is 1.74 bits per heavy atom. The van der Waals surface area contributed by atoms with E-state index >= 15 is 0 Å². The van der Waals surface area contributed by atoms with Crippen LogP contribution in [-0.2, 0) is 21.1 Å². The van der Waals surface area contributed by atoms with Crippen LogP contribution in [0.1, 0.15) is 30.5 Å².